The summed E-state index contributed by atoms with van der Waals surface area (Å²) in [5.74, 6) is 0. The molecule has 0 radical (unpaired) electrons. The number of benzene rings is 20. The van der Waals surface area contributed by atoms with Crippen LogP contribution in [0.25, 0.3) is 55.6 Å². The van der Waals surface area contributed by atoms with Gasteiger partial charge >= 0.3 is 46.6 Å². The summed E-state index contributed by atoms with van der Waals surface area (Å²) in [6.07, 6.45) is -8.87. The number of hydrogen-bond acceptors (Lipinski definition) is 5. The van der Waals surface area contributed by atoms with Gasteiger partial charge in [0.15, 0.2) is 0 Å². The Balaban J connectivity index is 0.000000105. The van der Waals surface area contributed by atoms with Crippen LogP contribution < -0.4 is 78.7 Å². The van der Waals surface area contributed by atoms with Crippen molar-refractivity contribution in [1.29, 1.82) is 0 Å². The Bertz CT molecular complexity index is 7820. The fraction of sp³-hybridized carbons (Fsp3) is 0.0400. The van der Waals surface area contributed by atoms with E-state index in [1.807, 2.05) is 173 Å². The normalized spacial score (nSPS) is 12.7. The molecule has 0 amide bonds. The molecule has 20 aromatic carbocycles. The molecule has 16 heteroatoms. The van der Waals surface area contributed by atoms with Crippen molar-refractivity contribution in [2.24, 2.45) is 0 Å². The zero-order valence-electron chi connectivity index (χ0n) is 78.0. The summed E-state index contributed by atoms with van der Waals surface area (Å²) < 4.78 is 83.2. The van der Waals surface area contributed by atoms with E-state index in [4.69, 9.17) is 0 Å². The van der Waals surface area contributed by atoms with Gasteiger partial charge in [-0.2, -0.15) is 26.3 Å². The average molecular weight is 1830 g/mol. The maximum Gasteiger partial charge on any atom is 0.418 e. The molecule has 0 bridgehead atoms. The van der Waals surface area contributed by atoms with Crippen LogP contribution >= 0.6 is 0 Å². The van der Waals surface area contributed by atoms with Crippen molar-refractivity contribution in [3.05, 3.63) is 543 Å². The Hall–Kier alpha value is -16.7. The van der Waals surface area contributed by atoms with Crippen LogP contribution in [0.5, 0.6) is 0 Å². The van der Waals surface area contributed by atoms with E-state index in [9.17, 15) is 26.3 Å². The largest absolute Gasteiger partial charge is 0.418 e. The Kier molecular flexibility index (Phi) is 25.6. The van der Waals surface area contributed by atoms with E-state index < -0.39 is 23.5 Å². The number of halogens is 6. The number of anilines is 10. The number of nitrogens with zero attached hydrogens (tertiary/aromatic N) is 5. The molecule has 20 aromatic rings. The number of aryl methyl sites for hydroxylation is 3. The molecule has 5 aliphatic rings. The molecule has 0 N–H and O–H groups in total. The molecule has 0 saturated carbocycles. The molecule has 0 fully saturated rings. The van der Waals surface area contributed by atoms with Crippen molar-refractivity contribution >= 4 is 146 Å². The van der Waals surface area contributed by atoms with E-state index in [1.165, 1.54) is 141 Å². The second-order valence-corrected chi connectivity index (χ2v) is 35.9. The minimum absolute atomic E-state index is 0.151. The first-order chi connectivity index (χ1) is 69.1. The highest BCUT2D eigenvalue weighted by molar-refractivity contribution is 6.93. The Morgan fingerprint density at radius 1 is 0.184 bits per heavy atom. The Labute approximate surface area is 822 Å². The minimum Gasteiger partial charge on any atom is -0.376 e. The molecule has 0 atom stereocenters. The lowest BCUT2D eigenvalue weighted by Crippen LogP contribution is -2.57. The molecule has 25 rings (SSSR count). The van der Waals surface area contributed by atoms with E-state index in [-0.39, 0.29) is 39.9 Å². The first kappa shape index (κ1) is 90.8. The summed E-state index contributed by atoms with van der Waals surface area (Å²) in [5.41, 5.74) is 35.6. The molecule has 141 heavy (non-hydrogen) atoms. The first-order valence-electron chi connectivity index (χ1n) is 47.7. The number of fused-ring (bicyclic) bond motifs is 15. The second kappa shape index (κ2) is 39.8. The predicted octanol–water partition coefficient (Wildman–Crippen LogP) is 26.0. The van der Waals surface area contributed by atoms with Gasteiger partial charge in [-0.25, -0.2) is 0 Å². The lowest BCUT2D eigenvalue weighted by molar-refractivity contribution is -0.138. The summed E-state index contributed by atoms with van der Waals surface area (Å²) in [5, 5.41) is 0. The molecule has 5 heterocycles. The summed E-state index contributed by atoms with van der Waals surface area (Å²) in [6.45, 7) is 6.42. The van der Waals surface area contributed by atoms with E-state index >= 15 is 0 Å². The van der Waals surface area contributed by atoms with E-state index in [0.717, 1.165) is 49.9 Å². The Morgan fingerprint density at radius 2 is 0.475 bits per heavy atom. The van der Waals surface area contributed by atoms with Crippen molar-refractivity contribution in [3.8, 4) is 55.6 Å². The van der Waals surface area contributed by atoms with Crippen molar-refractivity contribution in [2.45, 2.75) is 33.1 Å². The molecule has 0 aliphatic carbocycles. The monoisotopic (exact) mass is 1830 g/mol. The highest BCUT2D eigenvalue weighted by Crippen LogP contribution is 2.50. The van der Waals surface area contributed by atoms with Gasteiger partial charge in [0.25, 0.3) is 0 Å². The van der Waals surface area contributed by atoms with Gasteiger partial charge in [-0.3, -0.25) is 0 Å². The fourth-order valence-corrected chi connectivity index (χ4v) is 21.3. The third-order valence-electron chi connectivity index (χ3n) is 27.3. The van der Waals surface area contributed by atoms with E-state index in [1.54, 1.807) is 12.1 Å². The second-order valence-electron chi connectivity index (χ2n) is 35.9. The smallest absolute Gasteiger partial charge is 0.376 e. The summed E-state index contributed by atoms with van der Waals surface area (Å²) in [7, 11) is 0. The van der Waals surface area contributed by atoms with Crippen molar-refractivity contribution in [2.75, 3.05) is 24.1 Å². The number of hydrogen-bond donors (Lipinski definition) is 0. The van der Waals surface area contributed by atoms with Gasteiger partial charge in [0.1, 0.15) is 0 Å². The van der Waals surface area contributed by atoms with Crippen LogP contribution in [0, 0.1) is 20.8 Å². The third kappa shape index (κ3) is 17.9. The SMILES string of the molecule is Cc1ccc2c(c1)-c1ccccc1B(c1ccccc1)N2c1ccccc1.Cc1cccc2c1-c1ccccc1B(c1ccccc1)N2c1ccccc1.Cc1ccccc1N1B(c2ccccc2)c2ccccc2-c2ccccc21.FC(F)(F)c1ccc2c(c1)N(c1ccccc1)B(c1ccccc1)c1ccccc1-2.FC(F)(F)c1cccc2c1N(c1ccccc1)B(c1ccccc1)c1ccccc1-2. The topological polar surface area (TPSA) is 16.2 Å². The van der Waals surface area contributed by atoms with Gasteiger partial charge in [0.2, 0.25) is 0 Å². The summed E-state index contributed by atoms with van der Waals surface area (Å²) in [4.78, 5) is 11.3. The average Bonchev–Trinajstić information content (AvgIpc) is 0.725. The molecule has 0 unspecified atom stereocenters. The summed E-state index contributed by atoms with van der Waals surface area (Å²) in [6, 6.07) is 174. The van der Waals surface area contributed by atoms with Gasteiger partial charge in [0, 0.05) is 84.7 Å². The van der Waals surface area contributed by atoms with E-state index in [2.05, 4.69) is 351 Å². The summed E-state index contributed by atoms with van der Waals surface area (Å²) >= 11 is 0. The fourth-order valence-electron chi connectivity index (χ4n) is 21.3. The molecular weight excluding hydrogens is 1740 g/mol. The van der Waals surface area contributed by atoms with Gasteiger partial charge in [-0.1, -0.05) is 451 Å². The van der Waals surface area contributed by atoms with Crippen molar-refractivity contribution in [3.63, 3.8) is 0 Å². The number of rotatable bonds is 10. The molecule has 0 saturated heterocycles. The van der Waals surface area contributed by atoms with Gasteiger partial charge in [-0.05, 0) is 184 Å². The quantitative estimate of drug-likeness (QED) is 0.0999. The van der Waals surface area contributed by atoms with E-state index in [0.29, 0.717) is 11.3 Å². The van der Waals surface area contributed by atoms with Crippen LogP contribution in [0.3, 0.4) is 0 Å². The maximum absolute atomic E-state index is 14.1. The predicted molar refractivity (Wildman–Crippen MR) is 584 cm³/mol. The standard InChI is InChI=1S/2C25H17BF3N.3C25H20BN/c27-25(28,29)22-16-9-15-21-20-14-7-8-17-23(20)26(18-10-3-1-4-11-18)30(24(21)22)19-12-5-2-6-13-19;27-25(28,29)18-15-16-22-21-13-7-8-14-23(21)26(19-9-3-1-4-10-19)30(24(22)17-18)20-11-5-2-6-12-20;1-19-11-10-18-24-25(19)22-16-8-9-17-23(22)26(20-12-4-2-5-13-20)27(24)21-14-6-3-7-15-21;1-19-16-17-25-23(18-19)22-14-8-9-15-24(22)26(20-10-4-2-5-11-20)27(25)21-12-6-3-7-13-21;1-19-11-5-9-17-24(19)27-25-18-10-7-15-22(25)21-14-6-8-16-23(21)26(27)20-12-3-2-4-13-20/h2*1-17H;3*2-18H,1H3. The molecule has 0 aromatic heterocycles. The van der Waals surface area contributed by atoms with Crippen LogP contribution in [0.4, 0.5) is 83.2 Å². The first-order valence-corrected chi connectivity index (χ1v) is 47.7. The van der Waals surface area contributed by atoms with Crippen LogP contribution in [0.1, 0.15) is 27.8 Å². The zero-order valence-corrected chi connectivity index (χ0v) is 78.0. The zero-order chi connectivity index (χ0) is 96.1. The molecule has 5 nitrogen and oxygen atoms in total. The van der Waals surface area contributed by atoms with Crippen LogP contribution in [-0.4, -0.2) is 34.2 Å². The lowest BCUT2D eigenvalue weighted by atomic mass is 9.45. The molecular formula is C125H94B5F6N5. The molecule has 676 valence electrons. The van der Waals surface area contributed by atoms with Gasteiger partial charge in [0.05, 0.1) is 11.1 Å². The lowest BCUT2D eigenvalue weighted by Gasteiger charge is -2.40. The molecule has 0 spiro atoms. The van der Waals surface area contributed by atoms with Crippen molar-refractivity contribution in [1.82, 2.24) is 0 Å². The maximum atomic E-state index is 14.1. The highest BCUT2D eigenvalue weighted by atomic mass is 19.4. The van der Waals surface area contributed by atoms with Crippen LogP contribution in [0.2, 0.25) is 0 Å². The molecule has 5 aliphatic heterocycles. The third-order valence-corrected chi connectivity index (χ3v) is 27.3. The Morgan fingerprint density at radius 3 is 0.901 bits per heavy atom. The van der Waals surface area contributed by atoms with Crippen LogP contribution in [0.15, 0.2) is 516 Å². The highest BCUT2D eigenvalue weighted by Gasteiger charge is 2.47. The van der Waals surface area contributed by atoms with Crippen molar-refractivity contribution < 1.29 is 26.3 Å². The van der Waals surface area contributed by atoms with Gasteiger partial charge < -0.3 is 24.1 Å². The number of alkyl halides is 6. The minimum atomic E-state index is -4.47. The van der Waals surface area contributed by atoms with Crippen LogP contribution in [-0.2, 0) is 12.4 Å². The number of para-hydroxylation sites is 7. The van der Waals surface area contributed by atoms with Gasteiger partial charge in [-0.15, -0.1) is 0 Å².